The first kappa shape index (κ1) is 20.6. The Kier molecular flexibility index (Phi) is 6.32. The van der Waals surface area contributed by atoms with Crippen LogP contribution in [0.5, 0.6) is 11.5 Å². The van der Waals surface area contributed by atoms with E-state index in [-0.39, 0.29) is 6.54 Å². The zero-order chi connectivity index (χ0) is 20.2. The zero-order valence-corrected chi connectivity index (χ0v) is 16.9. The second-order valence-corrected chi connectivity index (χ2v) is 8.03. The molecule has 0 heterocycles. The van der Waals surface area contributed by atoms with Gasteiger partial charge >= 0.3 is 0 Å². The Labute approximate surface area is 160 Å². The van der Waals surface area contributed by atoms with Gasteiger partial charge in [-0.3, -0.25) is 9.10 Å². The SMILES string of the molecule is COc1ccc(NC(=O)CN(c2c(C)cccc2C)S(C)(=O)=O)c(OC)c1. The number of benzene rings is 2. The number of sulfonamides is 1. The molecule has 0 saturated heterocycles. The number of anilines is 2. The van der Waals surface area contributed by atoms with E-state index in [1.807, 2.05) is 32.0 Å². The number of methoxy groups -OCH3 is 2. The maximum Gasteiger partial charge on any atom is 0.245 e. The van der Waals surface area contributed by atoms with Gasteiger partial charge in [-0.1, -0.05) is 18.2 Å². The lowest BCUT2D eigenvalue weighted by atomic mass is 10.1. The van der Waals surface area contributed by atoms with Crippen LogP contribution < -0.4 is 19.1 Å². The molecule has 27 heavy (non-hydrogen) atoms. The summed E-state index contributed by atoms with van der Waals surface area (Å²) in [5.41, 5.74) is 2.49. The number of hydrogen-bond acceptors (Lipinski definition) is 5. The Hall–Kier alpha value is -2.74. The normalized spacial score (nSPS) is 11.0. The average molecular weight is 392 g/mol. The van der Waals surface area contributed by atoms with Crippen molar-refractivity contribution in [2.45, 2.75) is 13.8 Å². The van der Waals surface area contributed by atoms with Crippen LogP contribution in [0.3, 0.4) is 0 Å². The highest BCUT2D eigenvalue weighted by Crippen LogP contribution is 2.30. The van der Waals surface area contributed by atoms with E-state index >= 15 is 0 Å². The van der Waals surface area contributed by atoms with E-state index in [1.165, 1.54) is 14.2 Å². The van der Waals surface area contributed by atoms with Crippen molar-refractivity contribution in [1.82, 2.24) is 0 Å². The molecular formula is C19H24N2O5S. The molecule has 8 heteroatoms. The van der Waals surface area contributed by atoms with E-state index in [9.17, 15) is 13.2 Å². The van der Waals surface area contributed by atoms with Crippen LogP contribution in [0.4, 0.5) is 11.4 Å². The molecule has 7 nitrogen and oxygen atoms in total. The van der Waals surface area contributed by atoms with Crippen molar-refractivity contribution in [3.63, 3.8) is 0 Å². The topological polar surface area (TPSA) is 84.9 Å². The van der Waals surface area contributed by atoms with E-state index in [0.29, 0.717) is 22.9 Å². The third-order valence-electron chi connectivity index (χ3n) is 4.06. The molecule has 0 aliphatic rings. The number of nitrogens with one attached hydrogen (secondary N) is 1. The molecule has 2 aromatic rings. The molecule has 2 aromatic carbocycles. The molecule has 0 aliphatic carbocycles. The van der Waals surface area contributed by atoms with Crippen molar-refractivity contribution in [2.24, 2.45) is 0 Å². The monoisotopic (exact) mass is 392 g/mol. The molecule has 1 amide bonds. The maximum atomic E-state index is 12.6. The summed E-state index contributed by atoms with van der Waals surface area (Å²) in [5.74, 6) is 0.519. The number of para-hydroxylation sites is 1. The number of ether oxygens (including phenoxy) is 2. The first-order chi connectivity index (χ1) is 12.7. The average Bonchev–Trinajstić information content (AvgIpc) is 2.60. The van der Waals surface area contributed by atoms with Crippen molar-refractivity contribution >= 4 is 27.3 Å². The molecule has 0 unspecified atom stereocenters. The molecule has 0 saturated carbocycles. The van der Waals surface area contributed by atoms with Crippen molar-refractivity contribution in [3.8, 4) is 11.5 Å². The first-order valence-corrected chi connectivity index (χ1v) is 10.1. The van der Waals surface area contributed by atoms with E-state index in [1.54, 1.807) is 18.2 Å². The summed E-state index contributed by atoms with van der Waals surface area (Å²) in [5, 5.41) is 2.70. The fraction of sp³-hybridized carbons (Fsp3) is 0.316. The van der Waals surface area contributed by atoms with Crippen LogP contribution >= 0.6 is 0 Å². The highest BCUT2D eigenvalue weighted by atomic mass is 32.2. The lowest BCUT2D eigenvalue weighted by Gasteiger charge is -2.25. The molecule has 2 rings (SSSR count). The molecule has 1 N–H and O–H groups in total. The molecule has 146 valence electrons. The maximum absolute atomic E-state index is 12.6. The number of carbonyl (C=O) groups excluding carboxylic acids is 1. The predicted octanol–water partition coefficient (Wildman–Crippen LogP) is 2.73. The van der Waals surface area contributed by atoms with Crippen LogP contribution in [0.2, 0.25) is 0 Å². The van der Waals surface area contributed by atoms with Gasteiger partial charge in [0.2, 0.25) is 15.9 Å². The summed E-state index contributed by atoms with van der Waals surface area (Å²) in [6.07, 6.45) is 1.08. The van der Waals surface area contributed by atoms with Gasteiger partial charge in [-0.15, -0.1) is 0 Å². The minimum atomic E-state index is -3.66. The molecule has 0 aliphatic heterocycles. The summed E-state index contributed by atoms with van der Waals surface area (Å²) in [4.78, 5) is 12.6. The molecule has 0 spiro atoms. The molecule has 0 fully saturated rings. The second-order valence-electron chi connectivity index (χ2n) is 6.12. The van der Waals surface area contributed by atoms with Crippen LogP contribution in [-0.4, -0.2) is 41.3 Å². The highest BCUT2D eigenvalue weighted by molar-refractivity contribution is 7.92. The Balaban J connectivity index is 2.31. The van der Waals surface area contributed by atoms with Gasteiger partial charge in [0.1, 0.15) is 18.0 Å². The van der Waals surface area contributed by atoms with Crippen LogP contribution in [0.25, 0.3) is 0 Å². The van der Waals surface area contributed by atoms with E-state index in [0.717, 1.165) is 21.7 Å². The summed E-state index contributed by atoms with van der Waals surface area (Å²) in [6.45, 7) is 3.27. The van der Waals surface area contributed by atoms with Crippen LogP contribution in [-0.2, 0) is 14.8 Å². The van der Waals surface area contributed by atoms with Gasteiger partial charge in [-0.05, 0) is 37.1 Å². The van der Waals surface area contributed by atoms with Gasteiger partial charge in [-0.2, -0.15) is 0 Å². The standard InChI is InChI=1S/C19H24N2O5S/c1-13-7-6-8-14(2)19(13)21(27(5,23)24)12-18(22)20-16-10-9-15(25-3)11-17(16)26-4/h6-11H,12H2,1-5H3,(H,20,22). The minimum absolute atomic E-state index is 0.348. The summed E-state index contributed by atoms with van der Waals surface area (Å²) < 4.78 is 36.2. The van der Waals surface area contributed by atoms with Crippen molar-refractivity contribution in [2.75, 3.05) is 36.6 Å². The second kappa shape index (κ2) is 8.30. The largest absolute Gasteiger partial charge is 0.497 e. The third-order valence-corrected chi connectivity index (χ3v) is 5.17. The first-order valence-electron chi connectivity index (χ1n) is 8.23. The Morgan fingerprint density at radius 2 is 1.70 bits per heavy atom. The number of hydrogen-bond donors (Lipinski definition) is 1. The smallest absolute Gasteiger partial charge is 0.245 e. The number of amides is 1. The van der Waals surface area contributed by atoms with Crippen LogP contribution in [0.1, 0.15) is 11.1 Å². The zero-order valence-electron chi connectivity index (χ0n) is 16.1. The lowest BCUT2D eigenvalue weighted by Crippen LogP contribution is -2.38. The molecule has 0 radical (unpaired) electrons. The summed E-state index contributed by atoms with van der Waals surface area (Å²) in [6, 6.07) is 10.4. The van der Waals surface area contributed by atoms with Crippen molar-refractivity contribution in [3.05, 3.63) is 47.5 Å². The third kappa shape index (κ3) is 4.91. The number of carbonyl (C=O) groups is 1. The molecule has 0 bridgehead atoms. The summed E-state index contributed by atoms with van der Waals surface area (Å²) >= 11 is 0. The fourth-order valence-corrected chi connectivity index (χ4v) is 3.75. The van der Waals surface area contributed by atoms with E-state index in [4.69, 9.17) is 9.47 Å². The van der Waals surface area contributed by atoms with Gasteiger partial charge in [0.25, 0.3) is 0 Å². The van der Waals surface area contributed by atoms with Gasteiger partial charge in [0.05, 0.1) is 31.9 Å². The predicted molar refractivity (Wildman–Crippen MR) is 106 cm³/mol. The fourth-order valence-electron chi connectivity index (χ4n) is 2.78. The van der Waals surface area contributed by atoms with E-state index < -0.39 is 15.9 Å². The number of nitrogens with zero attached hydrogens (tertiary/aromatic N) is 1. The summed E-state index contributed by atoms with van der Waals surface area (Å²) in [7, 11) is -0.650. The Morgan fingerprint density at radius 3 is 2.22 bits per heavy atom. The highest BCUT2D eigenvalue weighted by Gasteiger charge is 2.24. The van der Waals surface area contributed by atoms with Gasteiger partial charge in [0.15, 0.2) is 0 Å². The molecule has 0 atom stereocenters. The molecule has 0 aromatic heterocycles. The minimum Gasteiger partial charge on any atom is -0.497 e. The molecular weight excluding hydrogens is 368 g/mol. The quantitative estimate of drug-likeness (QED) is 0.783. The van der Waals surface area contributed by atoms with E-state index in [2.05, 4.69) is 5.32 Å². The van der Waals surface area contributed by atoms with Crippen molar-refractivity contribution in [1.29, 1.82) is 0 Å². The number of rotatable bonds is 7. The Morgan fingerprint density at radius 1 is 1.07 bits per heavy atom. The number of aryl methyl sites for hydroxylation is 2. The van der Waals surface area contributed by atoms with Gasteiger partial charge in [0, 0.05) is 6.07 Å². The van der Waals surface area contributed by atoms with Crippen LogP contribution in [0, 0.1) is 13.8 Å². The Bertz CT molecular complexity index is 921. The van der Waals surface area contributed by atoms with Crippen LogP contribution in [0.15, 0.2) is 36.4 Å². The van der Waals surface area contributed by atoms with Crippen molar-refractivity contribution < 1.29 is 22.7 Å². The lowest BCUT2D eigenvalue weighted by molar-refractivity contribution is -0.114. The van der Waals surface area contributed by atoms with Gasteiger partial charge in [-0.25, -0.2) is 8.42 Å². The van der Waals surface area contributed by atoms with Gasteiger partial charge < -0.3 is 14.8 Å².